The highest BCUT2D eigenvalue weighted by atomic mass is 16.6. The van der Waals surface area contributed by atoms with Crippen molar-refractivity contribution in [2.24, 2.45) is 0 Å². The van der Waals surface area contributed by atoms with Gasteiger partial charge in [0.05, 0.1) is 4.92 Å². The van der Waals surface area contributed by atoms with Crippen LogP contribution in [0.3, 0.4) is 0 Å². The van der Waals surface area contributed by atoms with Crippen LogP contribution < -0.4 is 5.32 Å². The third-order valence-corrected chi connectivity index (χ3v) is 4.70. The van der Waals surface area contributed by atoms with E-state index in [-0.39, 0.29) is 11.2 Å². The van der Waals surface area contributed by atoms with E-state index in [1.807, 2.05) is 0 Å². The Morgan fingerprint density at radius 1 is 1.32 bits per heavy atom. The molecule has 1 aromatic carbocycles. The molecule has 1 aromatic rings. The summed E-state index contributed by atoms with van der Waals surface area (Å²) in [6, 6.07) is 4.54. The van der Waals surface area contributed by atoms with Gasteiger partial charge in [0.15, 0.2) is 0 Å². The number of anilines is 1. The molecule has 1 N–H and O–H groups in total. The number of hydrogen-bond donors (Lipinski definition) is 1. The first-order valence-corrected chi connectivity index (χ1v) is 7.63. The Balaban J connectivity index is 2.19. The fraction of sp³-hybridized carbons (Fsp3) is 0.562. The summed E-state index contributed by atoms with van der Waals surface area (Å²) in [5.41, 5.74) is 0.782. The molecule has 0 aliphatic heterocycles. The van der Waals surface area contributed by atoms with Crippen molar-refractivity contribution in [3.05, 3.63) is 33.9 Å². The molecule has 1 aliphatic rings. The quantitative estimate of drug-likeness (QED) is 0.496. The van der Waals surface area contributed by atoms with Crippen molar-refractivity contribution >= 4 is 17.7 Å². The number of benzene rings is 1. The number of nitrogens with zero attached hydrogens (tertiary/aromatic N) is 2. The Morgan fingerprint density at radius 3 is 2.55 bits per heavy atom. The molecule has 2 rings (SSSR count). The lowest BCUT2D eigenvalue weighted by Gasteiger charge is -2.43. The Labute approximate surface area is 130 Å². The molecule has 6 heteroatoms. The number of likely N-dealkylation sites (N-methyl/N-ethyl adjacent to an activating group) is 1. The molecule has 1 saturated carbocycles. The molecule has 0 spiro atoms. The van der Waals surface area contributed by atoms with E-state index in [0.717, 1.165) is 12.8 Å². The molecule has 6 nitrogen and oxygen atoms in total. The minimum atomic E-state index is -0.446. The summed E-state index contributed by atoms with van der Waals surface area (Å²) in [4.78, 5) is 23.8. The maximum absolute atomic E-state index is 11.2. The predicted octanol–water partition coefficient (Wildman–Crippen LogP) is 3.08. The number of carbonyl (C=O) groups excluding carboxylic acids is 1. The third kappa shape index (κ3) is 3.44. The monoisotopic (exact) mass is 305 g/mol. The summed E-state index contributed by atoms with van der Waals surface area (Å²) < 4.78 is 0. The standard InChI is InChI=1S/C16H23N3O3/c1-18(2)16(8-4-3-5-9-16)12-17-14-7-6-13(11-20)10-15(14)19(21)22/h6-7,10-11,17H,3-5,8-9,12H2,1-2H3. The van der Waals surface area contributed by atoms with Crippen molar-refractivity contribution in [1.29, 1.82) is 0 Å². The van der Waals surface area contributed by atoms with Gasteiger partial charge in [-0.25, -0.2) is 0 Å². The van der Waals surface area contributed by atoms with Crippen LogP contribution in [0.4, 0.5) is 11.4 Å². The SMILES string of the molecule is CN(C)C1(CNc2ccc(C=O)cc2[N+](=O)[O-])CCCCC1. The second-order valence-corrected chi connectivity index (χ2v) is 6.18. The molecular formula is C16H23N3O3. The number of aldehydes is 1. The number of carbonyl (C=O) groups is 1. The molecular weight excluding hydrogens is 282 g/mol. The van der Waals surface area contributed by atoms with Gasteiger partial charge in [0.25, 0.3) is 5.69 Å². The Kier molecular flexibility index (Phi) is 5.13. The van der Waals surface area contributed by atoms with Crippen LogP contribution in [-0.4, -0.2) is 42.3 Å². The van der Waals surface area contributed by atoms with Crippen LogP contribution >= 0.6 is 0 Å². The largest absolute Gasteiger partial charge is 0.378 e. The molecule has 1 fully saturated rings. The fourth-order valence-electron chi connectivity index (χ4n) is 3.17. The van der Waals surface area contributed by atoms with Gasteiger partial charge in [0.1, 0.15) is 12.0 Å². The van der Waals surface area contributed by atoms with E-state index in [2.05, 4.69) is 24.3 Å². The van der Waals surface area contributed by atoms with E-state index in [1.54, 1.807) is 12.1 Å². The number of rotatable bonds is 6. The van der Waals surface area contributed by atoms with Crippen molar-refractivity contribution in [2.75, 3.05) is 26.0 Å². The van der Waals surface area contributed by atoms with E-state index >= 15 is 0 Å². The second-order valence-electron chi connectivity index (χ2n) is 6.18. The molecule has 120 valence electrons. The summed E-state index contributed by atoms with van der Waals surface area (Å²) in [5, 5.41) is 14.4. The summed E-state index contributed by atoms with van der Waals surface area (Å²) in [5.74, 6) is 0. The van der Waals surface area contributed by atoms with E-state index in [4.69, 9.17) is 0 Å². The van der Waals surface area contributed by atoms with Gasteiger partial charge < -0.3 is 10.2 Å². The summed E-state index contributed by atoms with van der Waals surface area (Å²) in [6.45, 7) is 0.668. The molecule has 0 saturated heterocycles. The molecule has 0 aromatic heterocycles. The number of hydrogen-bond acceptors (Lipinski definition) is 5. The highest BCUT2D eigenvalue weighted by Gasteiger charge is 2.34. The first-order chi connectivity index (χ1) is 10.5. The van der Waals surface area contributed by atoms with Crippen LogP contribution in [0.2, 0.25) is 0 Å². The van der Waals surface area contributed by atoms with Gasteiger partial charge >= 0.3 is 0 Å². The summed E-state index contributed by atoms with van der Waals surface area (Å²) in [7, 11) is 4.13. The highest BCUT2D eigenvalue weighted by Crippen LogP contribution is 2.33. The average molecular weight is 305 g/mol. The lowest BCUT2D eigenvalue weighted by atomic mass is 9.80. The van der Waals surface area contributed by atoms with Crippen molar-refractivity contribution in [3.8, 4) is 0 Å². The molecule has 0 heterocycles. The van der Waals surface area contributed by atoms with Gasteiger partial charge in [-0.2, -0.15) is 0 Å². The van der Waals surface area contributed by atoms with Crippen molar-refractivity contribution in [1.82, 2.24) is 4.90 Å². The van der Waals surface area contributed by atoms with Crippen LogP contribution in [0.15, 0.2) is 18.2 Å². The van der Waals surface area contributed by atoms with E-state index in [1.165, 1.54) is 25.3 Å². The van der Waals surface area contributed by atoms with Crippen LogP contribution in [-0.2, 0) is 0 Å². The third-order valence-electron chi connectivity index (χ3n) is 4.70. The topological polar surface area (TPSA) is 75.5 Å². The molecule has 0 amide bonds. The molecule has 1 aliphatic carbocycles. The Morgan fingerprint density at radius 2 is 2.00 bits per heavy atom. The first-order valence-electron chi connectivity index (χ1n) is 7.63. The minimum Gasteiger partial charge on any atom is -0.378 e. The second kappa shape index (κ2) is 6.87. The zero-order valence-corrected chi connectivity index (χ0v) is 13.2. The maximum Gasteiger partial charge on any atom is 0.293 e. The minimum absolute atomic E-state index is 0.0372. The van der Waals surface area contributed by atoms with Crippen LogP contribution in [0.25, 0.3) is 0 Å². The lowest BCUT2D eigenvalue weighted by Crippen LogP contribution is -2.51. The van der Waals surface area contributed by atoms with Gasteiger partial charge in [-0.15, -0.1) is 0 Å². The van der Waals surface area contributed by atoms with Gasteiger partial charge in [-0.1, -0.05) is 19.3 Å². The molecule has 0 unspecified atom stereocenters. The van der Waals surface area contributed by atoms with E-state index in [9.17, 15) is 14.9 Å². The maximum atomic E-state index is 11.2. The van der Waals surface area contributed by atoms with Crippen LogP contribution in [0, 0.1) is 10.1 Å². The first kappa shape index (κ1) is 16.4. The molecule has 0 bridgehead atoms. The normalized spacial score (nSPS) is 17.2. The number of nitrogens with one attached hydrogen (secondary N) is 1. The Hall–Kier alpha value is -1.95. The molecule has 22 heavy (non-hydrogen) atoms. The molecule has 0 radical (unpaired) electrons. The van der Waals surface area contributed by atoms with Crippen molar-refractivity contribution < 1.29 is 9.72 Å². The zero-order chi connectivity index (χ0) is 16.2. The highest BCUT2D eigenvalue weighted by molar-refractivity contribution is 5.79. The van der Waals surface area contributed by atoms with Crippen LogP contribution in [0.1, 0.15) is 42.5 Å². The smallest absolute Gasteiger partial charge is 0.293 e. The fourth-order valence-corrected chi connectivity index (χ4v) is 3.17. The van der Waals surface area contributed by atoms with Gasteiger partial charge in [-0.3, -0.25) is 14.9 Å². The zero-order valence-electron chi connectivity index (χ0n) is 13.2. The van der Waals surface area contributed by atoms with Gasteiger partial charge in [-0.05, 0) is 39.1 Å². The average Bonchev–Trinajstić information content (AvgIpc) is 2.53. The number of nitro benzene ring substituents is 1. The van der Waals surface area contributed by atoms with E-state index in [0.29, 0.717) is 24.1 Å². The Bertz CT molecular complexity index is 552. The predicted molar refractivity (Wildman–Crippen MR) is 86.5 cm³/mol. The van der Waals surface area contributed by atoms with E-state index < -0.39 is 4.92 Å². The van der Waals surface area contributed by atoms with Gasteiger partial charge in [0, 0.05) is 23.7 Å². The summed E-state index contributed by atoms with van der Waals surface area (Å²) >= 11 is 0. The van der Waals surface area contributed by atoms with Crippen molar-refractivity contribution in [2.45, 2.75) is 37.6 Å². The number of nitro groups is 1. The van der Waals surface area contributed by atoms with Crippen molar-refractivity contribution in [3.63, 3.8) is 0 Å². The summed E-state index contributed by atoms with van der Waals surface area (Å²) in [6.07, 6.45) is 6.43. The lowest BCUT2D eigenvalue weighted by molar-refractivity contribution is -0.384. The van der Waals surface area contributed by atoms with Crippen LogP contribution in [0.5, 0.6) is 0 Å². The van der Waals surface area contributed by atoms with Gasteiger partial charge in [0.2, 0.25) is 0 Å². The molecule has 0 atom stereocenters.